The number of carbonyl (C=O) groups is 3. The van der Waals surface area contributed by atoms with Crippen LogP contribution in [-0.4, -0.2) is 120 Å². The zero-order chi connectivity index (χ0) is 36.2. The Bertz CT molecular complexity index is 1430. The van der Waals surface area contributed by atoms with Crippen molar-refractivity contribution in [1.29, 1.82) is 0 Å². The summed E-state index contributed by atoms with van der Waals surface area (Å²) in [6.45, 7) is 9.74. The fourth-order valence-electron chi connectivity index (χ4n) is 5.06. The van der Waals surface area contributed by atoms with Crippen molar-refractivity contribution in [1.82, 2.24) is 15.1 Å². The predicted octanol–water partition coefficient (Wildman–Crippen LogP) is 0.154. The van der Waals surface area contributed by atoms with E-state index >= 15 is 4.39 Å². The standard InChI is InChI=1S/C31H39B5FN3O7/c1-19-9-7-12-23(47-16-22-11-8-10-21(24(22)37)15-39(14-20(2)42)17-27(3,4)5)13-29(34,45)40(25(19)43)30(46,26(44)38-6)31(35,36)28(32,33)18-41/h7-13,18,20,42,45-46H,14-17H2,1-6H3,(H,38,44)/b12-7-,19-9+,23-13-. The van der Waals surface area contributed by atoms with Gasteiger partial charge in [0.2, 0.25) is 5.72 Å². The molecular weight excluding hydrogens is 599 g/mol. The van der Waals surface area contributed by atoms with E-state index in [1.165, 1.54) is 31.2 Å². The maximum absolute atomic E-state index is 15.7. The highest BCUT2D eigenvalue weighted by atomic mass is 19.1. The van der Waals surface area contributed by atoms with Crippen LogP contribution in [0.1, 0.15) is 45.7 Å². The molecule has 0 aliphatic carbocycles. The number of aliphatic hydroxyl groups is 3. The number of benzene rings is 1. The highest BCUT2D eigenvalue weighted by molar-refractivity contribution is 6.60. The van der Waals surface area contributed by atoms with Crippen LogP contribution < -0.4 is 5.32 Å². The Morgan fingerprint density at radius 1 is 1.21 bits per heavy atom. The SMILES string of the molecule is [B]C1(O)/C=C(OCc2cccc(CN(CC(C)O)CC(C)(C)C)c2F)/C=C\C=C(/C)C(=O)N1C(O)(C(=O)NC)C([B])([B])C([B])([B])C=O. The second-order valence-electron chi connectivity index (χ2n) is 13.1. The third-order valence-corrected chi connectivity index (χ3v) is 7.38. The van der Waals surface area contributed by atoms with Crippen molar-refractivity contribution in [2.45, 2.75) is 75.7 Å². The van der Waals surface area contributed by atoms with Crippen molar-refractivity contribution in [3.05, 3.63) is 70.8 Å². The number of hydrogen-bond acceptors (Lipinski definition) is 8. The number of nitrogens with zero attached hydrogens (tertiary/aromatic N) is 2. The lowest BCUT2D eigenvalue weighted by Gasteiger charge is -2.57. The molecule has 3 atom stereocenters. The van der Waals surface area contributed by atoms with E-state index in [0.29, 0.717) is 18.7 Å². The van der Waals surface area contributed by atoms with Crippen molar-refractivity contribution < 1.29 is 38.8 Å². The van der Waals surface area contributed by atoms with Crippen LogP contribution in [-0.2, 0) is 32.3 Å². The number of allylic oxidation sites excluding steroid dienone is 3. The number of halogens is 1. The number of carbonyl (C=O) groups excluding carboxylic acids is 3. The summed E-state index contributed by atoms with van der Waals surface area (Å²) in [5.41, 5.74) is -6.55. The van der Waals surface area contributed by atoms with Crippen molar-refractivity contribution in [3.63, 3.8) is 0 Å². The van der Waals surface area contributed by atoms with Crippen LogP contribution in [0.2, 0.25) is 10.4 Å². The minimum Gasteiger partial charge on any atom is -0.489 e. The Kier molecular flexibility index (Phi) is 12.8. The van der Waals surface area contributed by atoms with E-state index in [-0.39, 0.29) is 40.0 Å². The van der Waals surface area contributed by atoms with Crippen LogP contribution in [0.5, 0.6) is 0 Å². The molecule has 2 amide bonds. The number of aldehydes is 1. The molecule has 1 aromatic rings. The van der Waals surface area contributed by atoms with Gasteiger partial charge in [0.25, 0.3) is 11.8 Å². The molecule has 3 unspecified atom stereocenters. The van der Waals surface area contributed by atoms with Crippen molar-refractivity contribution in [2.24, 2.45) is 5.41 Å². The molecule has 242 valence electrons. The fraction of sp³-hybridized carbons (Fsp3) is 0.516. The maximum atomic E-state index is 15.7. The van der Waals surface area contributed by atoms with E-state index in [0.717, 1.165) is 13.1 Å². The van der Waals surface area contributed by atoms with Crippen LogP contribution >= 0.6 is 0 Å². The molecule has 0 saturated heterocycles. The minimum absolute atomic E-state index is 0.0200. The molecule has 1 aromatic carbocycles. The topological polar surface area (TPSA) is 140 Å². The van der Waals surface area contributed by atoms with Gasteiger partial charge in [-0.15, -0.1) is 0 Å². The largest absolute Gasteiger partial charge is 0.489 e. The molecule has 10 nitrogen and oxygen atoms in total. The number of aliphatic hydroxyl groups excluding tert-OH is 1. The number of hydrogen-bond donors (Lipinski definition) is 4. The Labute approximate surface area is 282 Å². The Morgan fingerprint density at radius 3 is 2.34 bits per heavy atom. The Morgan fingerprint density at radius 2 is 1.81 bits per heavy atom. The molecule has 0 fully saturated rings. The van der Waals surface area contributed by atoms with E-state index in [1.54, 1.807) is 19.1 Å². The molecule has 1 aliphatic heterocycles. The Hall–Kier alpha value is -3.06. The molecule has 0 spiro atoms. The van der Waals surface area contributed by atoms with Crippen LogP contribution in [0.15, 0.2) is 53.8 Å². The average Bonchev–Trinajstić information content (AvgIpc) is 2.98. The summed E-state index contributed by atoms with van der Waals surface area (Å²) in [5.74, 6) is -3.58. The zero-order valence-electron chi connectivity index (χ0n) is 27.7. The third-order valence-electron chi connectivity index (χ3n) is 7.38. The molecule has 1 heterocycles. The number of amides is 2. The van der Waals surface area contributed by atoms with Crippen LogP contribution in [0.25, 0.3) is 0 Å². The van der Waals surface area contributed by atoms with Crippen molar-refractivity contribution >= 4 is 57.3 Å². The van der Waals surface area contributed by atoms with Gasteiger partial charge in [-0.25, -0.2) is 4.39 Å². The van der Waals surface area contributed by atoms with Crippen LogP contribution in [0.3, 0.4) is 0 Å². The molecule has 1 aliphatic rings. The second kappa shape index (κ2) is 15.0. The first-order chi connectivity index (χ1) is 21.4. The lowest BCUT2D eigenvalue weighted by molar-refractivity contribution is -0.202. The smallest absolute Gasteiger partial charge is 0.272 e. The summed E-state index contributed by atoms with van der Waals surface area (Å²) in [6.07, 6.45) is 3.81. The monoisotopic (exact) mass is 639 g/mol. The normalized spacial score (nSPS) is 22.8. The lowest BCUT2D eigenvalue weighted by atomic mass is 9.27. The molecular formula is C31H39B5FN3O7. The number of nitrogens with one attached hydrogen (secondary N) is 1. The van der Waals surface area contributed by atoms with Crippen LogP contribution in [0.4, 0.5) is 4.39 Å². The van der Waals surface area contributed by atoms with Gasteiger partial charge in [-0.3, -0.25) is 19.4 Å². The van der Waals surface area contributed by atoms with E-state index < -0.39 is 52.1 Å². The molecule has 0 aromatic heterocycles. The molecule has 16 heteroatoms. The average molecular weight is 639 g/mol. The molecule has 4 N–H and O–H groups in total. The highest BCUT2D eigenvalue weighted by Gasteiger charge is 2.62. The Balaban J connectivity index is 2.59. The zero-order valence-corrected chi connectivity index (χ0v) is 27.7. The molecule has 0 bridgehead atoms. The van der Waals surface area contributed by atoms with Gasteiger partial charge in [-0.1, -0.05) is 56.3 Å². The van der Waals surface area contributed by atoms with Gasteiger partial charge in [0.15, 0.2) is 7.85 Å². The highest BCUT2D eigenvalue weighted by Crippen LogP contribution is 2.52. The van der Waals surface area contributed by atoms with E-state index in [9.17, 15) is 29.7 Å². The van der Waals surface area contributed by atoms with Gasteiger partial charge in [0.1, 0.15) is 30.1 Å². The molecule has 0 saturated carbocycles. The van der Waals surface area contributed by atoms with Crippen molar-refractivity contribution in [3.8, 4) is 0 Å². The number of likely N-dealkylation sites (N-methyl/N-ethyl adjacent to an activating group) is 1. The summed E-state index contributed by atoms with van der Waals surface area (Å²) < 4.78 is 21.5. The number of ether oxygens (including phenoxy) is 1. The summed E-state index contributed by atoms with van der Waals surface area (Å²) in [7, 11) is 30.7. The molecule has 47 heavy (non-hydrogen) atoms. The maximum Gasteiger partial charge on any atom is 0.272 e. The first-order valence-electron chi connectivity index (χ1n) is 14.7. The third kappa shape index (κ3) is 9.10. The van der Waals surface area contributed by atoms with Gasteiger partial charge in [-0.2, -0.15) is 0 Å². The first kappa shape index (κ1) is 40.1. The molecule has 10 radical (unpaired) electrons. The van der Waals surface area contributed by atoms with E-state index in [4.69, 9.17) is 44.0 Å². The quantitative estimate of drug-likeness (QED) is 0.177. The summed E-state index contributed by atoms with van der Waals surface area (Å²) >= 11 is 0. The van der Waals surface area contributed by atoms with Gasteiger partial charge >= 0.3 is 0 Å². The molecule has 2 rings (SSSR count). The van der Waals surface area contributed by atoms with Crippen molar-refractivity contribution in [2.75, 3.05) is 20.1 Å². The summed E-state index contributed by atoms with van der Waals surface area (Å²) in [5, 5.41) is 29.3. The fourth-order valence-corrected chi connectivity index (χ4v) is 5.06. The minimum atomic E-state index is -3.57. The lowest BCUT2D eigenvalue weighted by Crippen LogP contribution is -2.75. The summed E-state index contributed by atoms with van der Waals surface area (Å²) in [6, 6.07) is 4.74. The second-order valence-corrected chi connectivity index (χ2v) is 13.1. The van der Waals surface area contributed by atoms with Gasteiger partial charge in [0.05, 0.1) is 37.5 Å². The number of rotatable bonds is 13. The van der Waals surface area contributed by atoms with E-state index in [2.05, 4.69) is 5.32 Å². The van der Waals surface area contributed by atoms with Crippen LogP contribution in [0, 0.1) is 11.2 Å². The van der Waals surface area contributed by atoms with Gasteiger partial charge in [-0.05, 0) is 36.6 Å². The van der Waals surface area contributed by atoms with Gasteiger partial charge < -0.3 is 30.2 Å². The van der Waals surface area contributed by atoms with E-state index in [1.807, 2.05) is 25.7 Å². The summed E-state index contributed by atoms with van der Waals surface area (Å²) in [4.78, 5) is 40.5. The van der Waals surface area contributed by atoms with Gasteiger partial charge in [0, 0.05) is 43.4 Å². The first-order valence-corrected chi connectivity index (χ1v) is 14.7. The predicted molar refractivity (Wildman–Crippen MR) is 180 cm³/mol.